The molecule has 0 fully saturated rings. The molecule has 26 heavy (non-hydrogen) atoms. The molecule has 0 aliphatic heterocycles. The maximum absolute atomic E-state index is 11.3. The zero-order chi connectivity index (χ0) is 18.8. The molecule has 0 aliphatic carbocycles. The van der Waals surface area contributed by atoms with Gasteiger partial charge in [-0.05, 0) is 48.4 Å². The highest BCUT2D eigenvalue weighted by Gasteiger charge is 2.16. The molecule has 6 nitrogen and oxygen atoms in total. The molecule has 3 rings (SSSR count). The highest BCUT2D eigenvalue weighted by atomic mass is 79.9. The van der Waals surface area contributed by atoms with Crippen LogP contribution in [0.2, 0.25) is 0 Å². The third-order valence-corrected chi connectivity index (χ3v) is 5.55. The summed E-state index contributed by atoms with van der Waals surface area (Å²) in [6.07, 6.45) is 3.47. The molecule has 0 heterocycles. The van der Waals surface area contributed by atoms with Gasteiger partial charge in [-0.2, -0.15) is 0 Å². The van der Waals surface area contributed by atoms with Crippen molar-refractivity contribution in [2.45, 2.75) is 0 Å². The first-order valence-electron chi connectivity index (χ1n) is 7.36. The van der Waals surface area contributed by atoms with Crippen LogP contribution in [0.25, 0.3) is 22.9 Å². The Bertz CT molecular complexity index is 1080. The van der Waals surface area contributed by atoms with Gasteiger partial charge in [-0.15, -0.1) is 0 Å². The molecule has 0 bridgehead atoms. The van der Waals surface area contributed by atoms with Crippen LogP contribution in [0.15, 0.2) is 57.5 Å². The van der Waals surface area contributed by atoms with Gasteiger partial charge in [-0.25, -0.2) is 0 Å². The Labute approximate surface area is 164 Å². The van der Waals surface area contributed by atoms with Gasteiger partial charge in [0.05, 0.1) is 15.2 Å². The lowest BCUT2D eigenvalue weighted by Crippen LogP contribution is -1.91. The van der Waals surface area contributed by atoms with E-state index in [1.165, 1.54) is 12.1 Å². The van der Waals surface area contributed by atoms with Crippen molar-refractivity contribution in [2.24, 2.45) is 0 Å². The molecular formula is C18H10Br2N2O4. The Morgan fingerprint density at radius 1 is 0.731 bits per heavy atom. The minimum absolute atomic E-state index is 0.0150. The normalized spacial score (nSPS) is 11.2. The number of hydrogen-bond donors (Lipinski definition) is 0. The van der Waals surface area contributed by atoms with Crippen LogP contribution in [0.4, 0.5) is 11.4 Å². The molecule has 0 aliphatic rings. The quantitative estimate of drug-likeness (QED) is 0.249. The van der Waals surface area contributed by atoms with Gasteiger partial charge in [0, 0.05) is 16.6 Å². The van der Waals surface area contributed by atoms with Crippen LogP contribution in [-0.2, 0) is 0 Å². The van der Waals surface area contributed by atoms with Crippen LogP contribution in [0, 0.1) is 20.2 Å². The summed E-state index contributed by atoms with van der Waals surface area (Å²) in [5.74, 6) is 0. The average Bonchev–Trinajstić information content (AvgIpc) is 2.61. The fourth-order valence-corrected chi connectivity index (χ4v) is 3.84. The largest absolute Gasteiger partial charge is 0.284 e. The molecule has 0 aromatic heterocycles. The third-order valence-electron chi connectivity index (χ3n) is 3.83. The summed E-state index contributed by atoms with van der Waals surface area (Å²) < 4.78 is 0.976. The van der Waals surface area contributed by atoms with Crippen molar-refractivity contribution in [3.05, 3.63) is 88.8 Å². The van der Waals surface area contributed by atoms with Gasteiger partial charge in [-0.3, -0.25) is 20.2 Å². The second-order valence-corrected chi connectivity index (χ2v) is 6.96. The van der Waals surface area contributed by atoms with Gasteiger partial charge in [0.1, 0.15) is 4.47 Å². The van der Waals surface area contributed by atoms with Crippen molar-refractivity contribution in [3.8, 4) is 0 Å². The molecule has 0 spiro atoms. The number of rotatable bonds is 4. The maximum atomic E-state index is 11.3. The Morgan fingerprint density at radius 3 is 1.96 bits per heavy atom. The summed E-state index contributed by atoms with van der Waals surface area (Å²) in [6, 6.07) is 13.3. The van der Waals surface area contributed by atoms with E-state index in [0.717, 1.165) is 10.9 Å². The van der Waals surface area contributed by atoms with Crippen LogP contribution >= 0.6 is 31.9 Å². The van der Waals surface area contributed by atoms with Crippen molar-refractivity contribution in [3.63, 3.8) is 0 Å². The Kier molecular flexibility index (Phi) is 5.15. The van der Waals surface area contributed by atoms with Crippen molar-refractivity contribution in [1.29, 1.82) is 0 Å². The zero-order valence-corrected chi connectivity index (χ0v) is 16.2. The second-order valence-electron chi connectivity index (χ2n) is 5.37. The fraction of sp³-hybridized carbons (Fsp3) is 0. The Balaban J connectivity index is 2.10. The first-order valence-corrected chi connectivity index (χ1v) is 8.95. The molecule has 0 atom stereocenters. The van der Waals surface area contributed by atoms with Gasteiger partial charge < -0.3 is 0 Å². The van der Waals surface area contributed by atoms with E-state index in [2.05, 4.69) is 31.9 Å². The van der Waals surface area contributed by atoms with E-state index < -0.39 is 9.85 Å². The zero-order valence-electron chi connectivity index (χ0n) is 13.1. The lowest BCUT2D eigenvalue weighted by Gasteiger charge is -2.06. The molecule has 0 N–H and O–H groups in total. The predicted molar refractivity (Wildman–Crippen MR) is 108 cm³/mol. The van der Waals surface area contributed by atoms with Gasteiger partial charge in [0.15, 0.2) is 0 Å². The number of nitro groups is 2. The Morgan fingerprint density at radius 2 is 1.31 bits per heavy atom. The molecule has 0 amide bonds. The molecule has 0 unspecified atom stereocenters. The molecule has 3 aromatic carbocycles. The van der Waals surface area contributed by atoms with E-state index in [1.807, 2.05) is 6.07 Å². The van der Waals surface area contributed by atoms with Gasteiger partial charge >= 0.3 is 0 Å². The van der Waals surface area contributed by atoms with Crippen molar-refractivity contribution in [2.75, 3.05) is 0 Å². The molecule has 3 aromatic rings. The lowest BCUT2D eigenvalue weighted by molar-refractivity contribution is -0.385. The van der Waals surface area contributed by atoms with Gasteiger partial charge in [-0.1, -0.05) is 48.6 Å². The number of non-ortho nitro benzene ring substituents is 1. The number of nitro benzene ring substituents is 2. The third kappa shape index (κ3) is 3.38. The van der Waals surface area contributed by atoms with Crippen molar-refractivity contribution < 1.29 is 9.85 Å². The van der Waals surface area contributed by atoms with E-state index in [1.54, 1.807) is 42.5 Å². The van der Waals surface area contributed by atoms with E-state index in [-0.39, 0.29) is 11.4 Å². The maximum Gasteiger partial charge on any atom is 0.284 e. The van der Waals surface area contributed by atoms with Gasteiger partial charge in [0.25, 0.3) is 11.4 Å². The lowest BCUT2D eigenvalue weighted by atomic mass is 10.0. The standard InChI is InChI=1S/C18H10Br2N2O4/c19-17-12(4-2-6-15(17)22(25)26)9-10-13-8-7-11-3-1-5-14(21(23)24)16(11)18(13)20/h1-10H. The molecule has 8 heteroatoms. The van der Waals surface area contributed by atoms with E-state index in [9.17, 15) is 20.2 Å². The number of halogens is 2. The minimum Gasteiger partial charge on any atom is -0.258 e. The number of benzene rings is 3. The second kappa shape index (κ2) is 7.35. The van der Waals surface area contributed by atoms with Crippen molar-refractivity contribution in [1.82, 2.24) is 0 Å². The smallest absolute Gasteiger partial charge is 0.258 e. The van der Waals surface area contributed by atoms with E-state index in [4.69, 9.17) is 0 Å². The summed E-state index contributed by atoms with van der Waals surface area (Å²) in [6.45, 7) is 0. The Hall–Kier alpha value is -2.58. The SMILES string of the molecule is O=[N+]([O-])c1cccc(C=Cc2ccc3cccc([N+](=O)[O-])c3c2Br)c1Br. The summed E-state index contributed by atoms with van der Waals surface area (Å²) in [7, 11) is 0. The molecule has 130 valence electrons. The van der Waals surface area contributed by atoms with Crippen LogP contribution in [0.5, 0.6) is 0 Å². The van der Waals surface area contributed by atoms with Crippen LogP contribution in [0.1, 0.15) is 11.1 Å². The summed E-state index contributed by atoms with van der Waals surface area (Å²) in [5, 5.41) is 23.6. The van der Waals surface area contributed by atoms with Crippen LogP contribution < -0.4 is 0 Å². The minimum atomic E-state index is -0.462. The molecule has 0 saturated heterocycles. The summed E-state index contributed by atoms with van der Waals surface area (Å²) in [5.41, 5.74) is 1.35. The number of fused-ring (bicyclic) bond motifs is 1. The van der Waals surface area contributed by atoms with Crippen LogP contribution in [-0.4, -0.2) is 9.85 Å². The highest BCUT2D eigenvalue weighted by molar-refractivity contribution is 9.11. The first kappa shape index (κ1) is 18.2. The average molecular weight is 478 g/mol. The number of nitrogens with zero attached hydrogens (tertiary/aromatic N) is 2. The topological polar surface area (TPSA) is 86.3 Å². The predicted octanol–water partition coefficient (Wildman–Crippen LogP) is 6.35. The highest BCUT2D eigenvalue weighted by Crippen LogP contribution is 2.36. The first-order chi connectivity index (χ1) is 12.4. The monoisotopic (exact) mass is 476 g/mol. The van der Waals surface area contributed by atoms with Gasteiger partial charge in [0.2, 0.25) is 0 Å². The van der Waals surface area contributed by atoms with Crippen molar-refractivity contribution >= 4 is 66.2 Å². The summed E-state index contributed by atoms with van der Waals surface area (Å²) in [4.78, 5) is 21.5. The summed E-state index contributed by atoms with van der Waals surface area (Å²) >= 11 is 6.71. The van der Waals surface area contributed by atoms with Crippen LogP contribution in [0.3, 0.4) is 0 Å². The molecule has 0 radical (unpaired) electrons. The molecule has 0 saturated carbocycles. The van der Waals surface area contributed by atoms with E-state index >= 15 is 0 Å². The van der Waals surface area contributed by atoms with E-state index in [0.29, 0.717) is 19.9 Å². The molecular weight excluding hydrogens is 468 g/mol. The fourth-order valence-electron chi connectivity index (χ4n) is 2.60. The number of hydrogen-bond acceptors (Lipinski definition) is 4.